The molecule has 0 aromatic heterocycles. The molecule has 2 fully saturated rings. The third-order valence-corrected chi connectivity index (χ3v) is 8.32. The zero-order valence-electron chi connectivity index (χ0n) is 18.2. The van der Waals surface area contributed by atoms with Gasteiger partial charge in [0.05, 0.1) is 0 Å². The summed E-state index contributed by atoms with van der Waals surface area (Å²) in [6.45, 7) is 3.66. The van der Waals surface area contributed by atoms with E-state index in [1.165, 1.54) is 45.2 Å². The zero-order chi connectivity index (χ0) is 21.3. The lowest BCUT2D eigenvalue weighted by Crippen LogP contribution is -2.48. The first-order chi connectivity index (χ1) is 15.7. The molecular weight excluding hydrogens is 404 g/mol. The van der Waals surface area contributed by atoms with Gasteiger partial charge in [-0.15, -0.1) is 0 Å². The molecule has 6 heteroatoms. The number of rotatable bonds is 3. The molecule has 1 saturated heterocycles. The van der Waals surface area contributed by atoms with Crippen molar-refractivity contribution in [3.63, 3.8) is 0 Å². The lowest BCUT2D eigenvalue weighted by Gasteiger charge is -2.42. The van der Waals surface area contributed by atoms with Crippen molar-refractivity contribution in [3.8, 4) is 17.2 Å². The molecule has 1 amide bonds. The van der Waals surface area contributed by atoms with E-state index in [-0.39, 0.29) is 12.7 Å². The van der Waals surface area contributed by atoms with Crippen LogP contribution in [0.15, 0.2) is 36.4 Å². The molecular formula is C26H28N2O4. The van der Waals surface area contributed by atoms with Crippen LogP contribution in [0.4, 0.5) is 5.69 Å². The quantitative estimate of drug-likeness (QED) is 0.740. The molecule has 6 nitrogen and oxygen atoms in total. The summed E-state index contributed by atoms with van der Waals surface area (Å²) >= 11 is 0. The summed E-state index contributed by atoms with van der Waals surface area (Å²) in [4.78, 5) is 18.8. The van der Waals surface area contributed by atoms with Crippen LogP contribution >= 0.6 is 0 Å². The molecule has 166 valence electrons. The molecule has 2 aromatic carbocycles. The molecule has 1 aliphatic carbocycles. The van der Waals surface area contributed by atoms with E-state index in [1.54, 1.807) is 0 Å². The van der Waals surface area contributed by atoms with Crippen molar-refractivity contribution in [1.82, 2.24) is 4.90 Å². The Kier molecular flexibility index (Phi) is 4.04. The van der Waals surface area contributed by atoms with E-state index in [2.05, 4.69) is 17.0 Å². The van der Waals surface area contributed by atoms with E-state index >= 15 is 0 Å². The standard InChI is InChI=1S/C26H28N2O4/c29-25-26(15-30-22-13-24-23(12-20(22)26)31-16-32-24)19-6-1-2-7-21(19)28(25)14-17-8-10-27(11-9-17)18-4-3-5-18/h1-2,6-7,12-13,17-18H,3-5,8-11,14-16H2. The van der Waals surface area contributed by atoms with Crippen LogP contribution in [0.5, 0.6) is 17.2 Å². The van der Waals surface area contributed by atoms with E-state index in [1.807, 2.05) is 29.2 Å². The highest BCUT2D eigenvalue weighted by Gasteiger charge is 2.57. The Morgan fingerprint density at radius 3 is 2.47 bits per heavy atom. The zero-order valence-corrected chi connectivity index (χ0v) is 18.2. The van der Waals surface area contributed by atoms with Gasteiger partial charge in [0.15, 0.2) is 11.5 Å². The van der Waals surface area contributed by atoms with Crippen LogP contribution in [0.3, 0.4) is 0 Å². The molecule has 5 aliphatic rings. The first kappa shape index (κ1) is 18.8. The molecule has 4 heterocycles. The number of piperidine rings is 1. The highest BCUT2D eigenvalue weighted by molar-refractivity contribution is 6.11. The largest absolute Gasteiger partial charge is 0.491 e. The average Bonchev–Trinajstić information content (AvgIpc) is 3.45. The van der Waals surface area contributed by atoms with Crippen molar-refractivity contribution in [2.24, 2.45) is 5.92 Å². The van der Waals surface area contributed by atoms with Gasteiger partial charge >= 0.3 is 0 Å². The van der Waals surface area contributed by atoms with Gasteiger partial charge in [0.2, 0.25) is 12.7 Å². The minimum absolute atomic E-state index is 0.137. The van der Waals surface area contributed by atoms with Crippen LogP contribution in [0, 0.1) is 5.92 Å². The molecule has 0 radical (unpaired) electrons. The smallest absolute Gasteiger partial charge is 0.245 e. The number of likely N-dealkylation sites (tertiary alicyclic amines) is 1. The van der Waals surface area contributed by atoms with E-state index < -0.39 is 5.41 Å². The fourth-order valence-electron chi connectivity index (χ4n) is 6.26. The summed E-state index contributed by atoms with van der Waals surface area (Å²) in [6, 6.07) is 12.9. The number of carbonyl (C=O) groups is 1. The van der Waals surface area contributed by atoms with Crippen LogP contribution in [0.2, 0.25) is 0 Å². The molecule has 1 spiro atoms. The lowest BCUT2D eigenvalue weighted by atomic mass is 9.77. The highest BCUT2D eigenvalue weighted by Crippen LogP contribution is 2.55. The molecule has 1 saturated carbocycles. The maximum absolute atomic E-state index is 14.1. The molecule has 0 bridgehead atoms. The number of carbonyl (C=O) groups excluding carboxylic acids is 1. The van der Waals surface area contributed by atoms with Gasteiger partial charge in [-0.3, -0.25) is 4.79 Å². The van der Waals surface area contributed by atoms with Crippen molar-refractivity contribution in [2.45, 2.75) is 43.6 Å². The summed E-state index contributed by atoms with van der Waals surface area (Å²) in [6.07, 6.45) is 6.45. The number of benzene rings is 2. The summed E-state index contributed by atoms with van der Waals surface area (Å²) in [5, 5.41) is 0. The summed E-state index contributed by atoms with van der Waals surface area (Å²) < 4.78 is 17.3. The third kappa shape index (κ3) is 2.53. The summed E-state index contributed by atoms with van der Waals surface area (Å²) in [7, 11) is 0. The average molecular weight is 433 g/mol. The minimum atomic E-state index is -0.792. The van der Waals surface area contributed by atoms with Crippen molar-refractivity contribution in [2.75, 3.05) is 37.9 Å². The second-order valence-corrected chi connectivity index (χ2v) is 9.89. The van der Waals surface area contributed by atoms with Gasteiger partial charge in [0, 0.05) is 29.9 Å². The molecule has 7 rings (SSSR count). The van der Waals surface area contributed by atoms with E-state index in [9.17, 15) is 4.79 Å². The maximum Gasteiger partial charge on any atom is 0.245 e. The predicted octanol–water partition coefficient (Wildman–Crippen LogP) is 3.70. The number of amides is 1. The second-order valence-electron chi connectivity index (χ2n) is 9.89. The Morgan fingerprint density at radius 1 is 0.906 bits per heavy atom. The SMILES string of the molecule is O=C1N(CC2CCN(C3CCC3)CC2)c2ccccc2C12COc1cc3c(cc12)OCO3. The van der Waals surface area contributed by atoms with Crippen LogP contribution in [-0.4, -0.2) is 49.9 Å². The Morgan fingerprint density at radius 2 is 1.69 bits per heavy atom. The van der Waals surface area contributed by atoms with Gasteiger partial charge in [-0.2, -0.15) is 0 Å². The number of ether oxygens (including phenoxy) is 3. The molecule has 4 aliphatic heterocycles. The Bertz CT molecular complexity index is 1090. The Balaban J connectivity index is 1.20. The van der Waals surface area contributed by atoms with Gasteiger partial charge in [-0.25, -0.2) is 0 Å². The Hall–Kier alpha value is -2.73. The fourth-order valence-corrected chi connectivity index (χ4v) is 6.26. The number of anilines is 1. The highest BCUT2D eigenvalue weighted by atomic mass is 16.7. The van der Waals surface area contributed by atoms with Crippen molar-refractivity contribution in [3.05, 3.63) is 47.5 Å². The number of para-hydroxylation sites is 1. The topological polar surface area (TPSA) is 51.2 Å². The molecule has 1 atom stereocenters. The normalized spacial score (nSPS) is 26.9. The molecule has 2 aromatic rings. The summed E-state index contributed by atoms with van der Waals surface area (Å²) in [5.41, 5.74) is 2.20. The molecule has 32 heavy (non-hydrogen) atoms. The van der Waals surface area contributed by atoms with Gasteiger partial charge in [-0.1, -0.05) is 24.6 Å². The van der Waals surface area contributed by atoms with Gasteiger partial charge < -0.3 is 24.0 Å². The maximum atomic E-state index is 14.1. The van der Waals surface area contributed by atoms with Gasteiger partial charge in [0.25, 0.3) is 0 Å². The lowest BCUT2D eigenvalue weighted by molar-refractivity contribution is -0.122. The number of hydrogen-bond donors (Lipinski definition) is 0. The monoisotopic (exact) mass is 432 g/mol. The number of fused-ring (bicyclic) bond motifs is 5. The molecule has 0 N–H and O–H groups in total. The van der Waals surface area contributed by atoms with Crippen LogP contribution in [-0.2, 0) is 10.2 Å². The third-order valence-electron chi connectivity index (χ3n) is 8.32. The first-order valence-corrected chi connectivity index (χ1v) is 12.0. The van der Waals surface area contributed by atoms with Gasteiger partial charge in [0.1, 0.15) is 17.8 Å². The van der Waals surface area contributed by atoms with E-state index in [4.69, 9.17) is 14.2 Å². The minimum Gasteiger partial charge on any atom is -0.491 e. The predicted molar refractivity (Wildman–Crippen MR) is 120 cm³/mol. The van der Waals surface area contributed by atoms with Crippen LogP contribution in [0.25, 0.3) is 0 Å². The Labute approximate surface area is 188 Å². The first-order valence-electron chi connectivity index (χ1n) is 12.0. The van der Waals surface area contributed by atoms with Crippen molar-refractivity contribution >= 4 is 11.6 Å². The second kappa shape index (κ2) is 6.88. The molecule has 1 unspecified atom stereocenters. The van der Waals surface area contributed by atoms with E-state index in [0.29, 0.717) is 24.0 Å². The fraction of sp³-hybridized carbons (Fsp3) is 0.500. The number of nitrogens with zero attached hydrogens (tertiary/aromatic N) is 2. The number of hydrogen-bond acceptors (Lipinski definition) is 5. The van der Waals surface area contributed by atoms with Crippen LogP contribution < -0.4 is 19.1 Å². The van der Waals surface area contributed by atoms with Crippen molar-refractivity contribution < 1.29 is 19.0 Å². The van der Waals surface area contributed by atoms with Crippen molar-refractivity contribution in [1.29, 1.82) is 0 Å². The van der Waals surface area contributed by atoms with Crippen LogP contribution in [0.1, 0.15) is 43.2 Å². The van der Waals surface area contributed by atoms with Gasteiger partial charge in [-0.05, 0) is 62.4 Å². The summed E-state index contributed by atoms with van der Waals surface area (Å²) in [5.74, 6) is 2.79. The van der Waals surface area contributed by atoms with E-state index in [0.717, 1.165) is 35.2 Å².